The maximum absolute atomic E-state index is 15.9. The first kappa shape index (κ1) is 25.2. The highest BCUT2D eigenvalue weighted by Gasteiger charge is 2.38. The summed E-state index contributed by atoms with van der Waals surface area (Å²) in [7, 11) is -4.30. The zero-order chi connectivity index (χ0) is 25.9. The monoisotopic (exact) mass is 513 g/mol. The van der Waals surface area contributed by atoms with Gasteiger partial charge in [-0.3, -0.25) is 4.79 Å². The van der Waals surface area contributed by atoms with Crippen molar-refractivity contribution in [2.24, 2.45) is 0 Å². The SMILES string of the molecule is C[C@@](O)(CC#N)CCOc1ccc2cc(OCc3ccccc3)c(N3CC(=O)NS3(=O)=O)c(F)c2c1. The molecule has 0 spiro atoms. The first-order valence-electron chi connectivity index (χ1n) is 11.1. The fourth-order valence-corrected chi connectivity index (χ4v) is 4.92. The average molecular weight is 514 g/mol. The predicted octanol–water partition coefficient (Wildman–Crippen LogP) is 3.17. The minimum atomic E-state index is -4.30. The molecule has 1 heterocycles. The van der Waals surface area contributed by atoms with Crippen LogP contribution in [0.4, 0.5) is 10.1 Å². The molecule has 0 radical (unpaired) electrons. The number of halogens is 1. The maximum atomic E-state index is 15.9. The van der Waals surface area contributed by atoms with Crippen LogP contribution in [-0.4, -0.2) is 38.2 Å². The van der Waals surface area contributed by atoms with E-state index in [1.807, 2.05) is 41.1 Å². The fraction of sp³-hybridized carbons (Fsp3) is 0.280. The molecule has 0 aliphatic carbocycles. The van der Waals surface area contributed by atoms with Gasteiger partial charge in [0.25, 0.3) is 5.91 Å². The van der Waals surface area contributed by atoms with Crippen LogP contribution in [0.3, 0.4) is 0 Å². The fourth-order valence-electron chi connectivity index (χ4n) is 3.76. The van der Waals surface area contributed by atoms with E-state index in [0.717, 1.165) is 5.56 Å². The van der Waals surface area contributed by atoms with Gasteiger partial charge in [0.15, 0.2) is 5.82 Å². The van der Waals surface area contributed by atoms with Gasteiger partial charge < -0.3 is 14.6 Å². The summed E-state index contributed by atoms with van der Waals surface area (Å²) >= 11 is 0. The topological polar surface area (TPSA) is 129 Å². The van der Waals surface area contributed by atoms with Gasteiger partial charge in [-0.15, -0.1) is 0 Å². The first-order chi connectivity index (χ1) is 17.1. The molecule has 1 saturated heterocycles. The molecule has 1 amide bonds. The summed E-state index contributed by atoms with van der Waals surface area (Å²) in [6.07, 6.45) is 0.118. The largest absolute Gasteiger partial charge is 0.493 e. The summed E-state index contributed by atoms with van der Waals surface area (Å²) in [5.74, 6) is -1.43. The van der Waals surface area contributed by atoms with Crippen molar-refractivity contribution in [3.05, 3.63) is 66.0 Å². The van der Waals surface area contributed by atoms with E-state index in [-0.39, 0.29) is 48.6 Å². The number of anilines is 1. The van der Waals surface area contributed by atoms with Crippen LogP contribution in [0.25, 0.3) is 10.8 Å². The van der Waals surface area contributed by atoms with E-state index >= 15 is 4.39 Å². The normalized spacial score (nSPS) is 16.3. The van der Waals surface area contributed by atoms with E-state index < -0.39 is 34.1 Å². The predicted molar refractivity (Wildman–Crippen MR) is 130 cm³/mol. The molecule has 2 N–H and O–H groups in total. The van der Waals surface area contributed by atoms with Crippen molar-refractivity contribution in [1.82, 2.24) is 4.72 Å². The van der Waals surface area contributed by atoms with Gasteiger partial charge in [0, 0.05) is 11.8 Å². The number of nitrogens with zero attached hydrogens (tertiary/aromatic N) is 2. The second-order valence-electron chi connectivity index (χ2n) is 8.66. The molecule has 188 valence electrons. The lowest BCUT2D eigenvalue weighted by atomic mass is 10.00. The highest BCUT2D eigenvalue weighted by atomic mass is 32.2. The number of nitrogens with one attached hydrogen (secondary N) is 1. The molecule has 1 aliphatic rings. The molecule has 9 nitrogen and oxygen atoms in total. The quantitative estimate of drug-likeness (QED) is 0.450. The summed E-state index contributed by atoms with van der Waals surface area (Å²) in [5, 5.41) is 19.4. The Bertz CT molecular complexity index is 1440. The van der Waals surface area contributed by atoms with Crippen molar-refractivity contribution >= 4 is 32.6 Å². The van der Waals surface area contributed by atoms with Crippen LogP contribution in [0, 0.1) is 17.1 Å². The standard InChI is InChI=1S/C25H24FN3O6S/c1-25(31,9-11-27)10-12-34-19-8-7-18-13-21(35-16-17-5-3-2-4-6-17)24(23(26)20(18)14-19)29-15-22(30)28-36(29,32)33/h2-8,13-14,31H,9-10,12,15-16H2,1H3,(H,28,30)/t25-/m1/s1. The smallest absolute Gasteiger partial charge is 0.326 e. The molecule has 11 heteroatoms. The molecular weight excluding hydrogens is 489 g/mol. The number of carbonyl (C=O) groups is 1. The lowest BCUT2D eigenvalue weighted by molar-refractivity contribution is -0.117. The van der Waals surface area contributed by atoms with Crippen LogP contribution < -0.4 is 18.5 Å². The lowest BCUT2D eigenvalue weighted by Crippen LogP contribution is -2.30. The number of ether oxygens (including phenoxy) is 2. The van der Waals surface area contributed by atoms with E-state index in [4.69, 9.17) is 14.7 Å². The van der Waals surface area contributed by atoms with E-state index in [1.165, 1.54) is 19.1 Å². The van der Waals surface area contributed by atoms with Gasteiger partial charge in [-0.05, 0) is 36.1 Å². The average Bonchev–Trinajstić information content (AvgIpc) is 3.10. The lowest BCUT2D eigenvalue weighted by Gasteiger charge is -2.22. The molecular formula is C25H24FN3O6S. The molecule has 3 aromatic carbocycles. The number of aliphatic hydroxyl groups is 1. The van der Waals surface area contributed by atoms with Gasteiger partial charge in [0.05, 0.1) is 24.7 Å². The molecule has 0 saturated carbocycles. The van der Waals surface area contributed by atoms with Crippen LogP contribution in [0.15, 0.2) is 54.6 Å². The number of hydrogen-bond donors (Lipinski definition) is 2. The van der Waals surface area contributed by atoms with Crippen LogP contribution in [0.5, 0.6) is 11.5 Å². The number of benzene rings is 3. The zero-order valence-corrected chi connectivity index (χ0v) is 20.2. The van der Waals surface area contributed by atoms with Gasteiger partial charge in [0.1, 0.15) is 30.3 Å². The van der Waals surface area contributed by atoms with Gasteiger partial charge in [-0.2, -0.15) is 13.7 Å². The van der Waals surface area contributed by atoms with E-state index in [2.05, 4.69) is 0 Å². The number of carbonyl (C=O) groups excluding carboxylic acids is 1. The van der Waals surface area contributed by atoms with E-state index in [1.54, 1.807) is 12.1 Å². The van der Waals surface area contributed by atoms with Gasteiger partial charge in [0.2, 0.25) is 0 Å². The van der Waals surface area contributed by atoms with Gasteiger partial charge in [-0.1, -0.05) is 36.4 Å². The molecule has 1 aliphatic heterocycles. The third-order valence-electron chi connectivity index (χ3n) is 5.67. The number of rotatable bonds is 9. The molecule has 1 atom stereocenters. The Morgan fingerprint density at radius 2 is 1.94 bits per heavy atom. The summed E-state index contributed by atoms with van der Waals surface area (Å²) in [5.41, 5.74) is -0.817. The Balaban J connectivity index is 1.70. The Hall–Kier alpha value is -3.88. The Kier molecular flexibility index (Phi) is 7.01. The highest BCUT2D eigenvalue weighted by molar-refractivity contribution is 7.92. The van der Waals surface area contributed by atoms with E-state index in [0.29, 0.717) is 9.69 Å². The molecule has 0 unspecified atom stereocenters. The highest BCUT2D eigenvalue weighted by Crippen LogP contribution is 2.40. The minimum Gasteiger partial charge on any atom is -0.493 e. The van der Waals surface area contributed by atoms with Crippen molar-refractivity contribution in [2.75, 3.05) is 17.5 Å². The van der Waals surface area contributed by atoms with E-state index in [9.17, 15) is 18.3 Å². The van der Waals surface area contributed by atoms with Crippen molar-refractivity contribution < 1.29 is 32.2 Å². The van der Waals surface area contributed by atoms with Crippen molar-refractivity contribution in [2.45, 2.75) is 32.0 Å². The summed E-state index contributed by atoms with van der Waals surface area (Å²) < 4.78 is 55.0. The van der Waals surface area contributed by atoms with Crippen molar-refractivity contribution in [3.63, 3.8) is 0 Å². The number of fused-ring (bicyclic) bond motifs is 1. The van der Waals surface area contributed by atoms with Crippen LogP contribution in [0.1, 0.15) is 25.3 Å². The summed E-state index contributed by atoms with van der Waals surface area (Å²) in [6.45, 7) is 1.06. The number of nitriles is 1. The molecule has 0 bridgehead atoms. The molecule has 1 fully saturated rings. The van der Waals surface area contributed by atoms with Crippen molar-refractivity contribution in [3.8, 4) is 17.6 Å². The number of amides is 1. The van der Waals surface area contributed by atoms with Gasteiger partial charge in [-0.25, -0.2) is 13.4 Å². The Morgan fingerprint density at radius 1 is 1.19 bits per heavy atom. The molecule has 4 rings (SSSR count). The first-order valence-corrected chi connectivity index (χ1v) is 12.5. The minimum absolute atomic E-state index is 0.0369. The second-order valence-corrected chi connectivity index (χ2v) is 10.3. The third-order valence-corrected chi connectivity index (χ3v) is 7.04. The second kappa shape index (κ2) is 10.0. The zero-order valence-electron chi connectivity index (χ0n) is 19.4. The molecule has 36 heavy (non-hydrogen) atoms. The van der Waals surface area contributed by atoms with Crippen LogP contribution in [0.2, 0.25) is 0 Å². The molecule has 3 aromatic rings. The summed E-state index contributed by atoms with van der Waals surface area (Å²) in [4.78, 5) is 11.9. The Labute approximate surface area is 207 Å². The van der Waals surface area contributed by atoms with Crippen LogP contribution >= 0.6 is 0 Å². The molecule has 0 aromatic heterocycles. The number of hydrogen-bond acceptors (Lipinski definition) is 7. The van der Waals surface area contributed by atoms with Gasteiger partial charge >= 0.3 is 10.2 Å². The van der Waals surface area contributed by atoms with Crippen LogP contribution in [-0.2, 0) is 21.6 Å². The van der Waals surface area contributed by atoms with Crippen molar-refractivity contribution in [1.29, 1.82) is 5.26 Å². The summed E-state index contributed by atoms with van der Waals surface area (Å²) in [6, 6.07) is 17.1. The third kappa shape index (κ3) is 5.50. The maximum Gasteiger partial charge on any atom is 0.326 e. The Morgan fingerprint density at radius 3 is 2.61 bits per heavy atom.